The van der Waals surface area contributed by atoms with Gasteiger partial charge in [-0.15, -0.1) is 0 Å². The topological polar surface area (TPSA) is 26.0 Å². The van der Waals surface area contributed by atoms with Crippen molar-refractivity contribution in [2.75, 3.05) is 0 Å². The average Bonchev–Trinajstić information content (AvgIpc) is 2.54. The molecule has 0 aliphatic heterocycles. The van der Waals surface area contributed by atoms with E-state index in [-0.39, 0.29) is 0 Å². The van der Waals surface area contributed by atoms with E-state index in [1.165, 1.54) is 5.56 Å². The molecular formula is C13H23NS. The molecule has 0 aromatic carbocycles. The van der Waals surface area contributed by atoms with E-state index in [0.29, 0.717) is 17.4 Å². The molecule has 0 radical (unpaired) electrons. The summed E-state index contributed by atoms with van der Waals surface area (Å²) in [6, 6.07) is 2.47. The van der Waals surface area contributed by atoms with Crippen LogP contribution in [0.15, 0.2) is 16.8 Å². The molecule has 1 nitrogen and oxygen atoms in total. The molecule has 2 unspecified atom stereocenters. The molecule has 0 aliphatic carbocycles. The number of rotatable bonds is 4. The van der Waals surface area contributed by atoms with Crippen LogP contribution in [-0.2, 0) is 6.42 Å². The Bertz CT molecular complexity index is 271. The van der Waals surface area contributed by atoms with E-state index in [4.69, 9.17) is 5.73 Å². The summed E-state index contributed by atoms with van der Waals surface area (Å²) in [5.74, 6) is 0.672. The zero-order chi connectivity index (χ0) is 11.5. The highest BCUT2D eigenvalue weighted by Crippen LogP contribution is 2.29. The summed E-state index contributed by atoms with van der Waals surface area (Å²) in [4.78, 5) is 0. The molecule has 0 saturated carbocycles. The van der Waals surface area contributed by atoms with Gasteiger partial charge in [-0.2, -0.15) is 11.3 Å². The molecule has 0 fully saturated rings. The first-order chi connectivity index (χ1) is 6.89. The summed E-state index contributed by atoms with van der Waals surface area (Å²) < 4.78 is 0. The molecule has 2 heteroatoms. The number of thiophene rings is 1. The largest absolute Gasteiger partial charge is 0.327 e. The first-order valence-electron chi connectivity index (χ1n) is 5.66. The van der Waals surface area contributed by atoms with Crippen LogP contribution in [0.2, 0.25) is 0 Å². The predicted molar refractivity (Wildman–Crippen MR) is 69.2 cm³/mol. The normalized spacial score (nSPS) is 16.3. The number of hydrogen-bond donors (Lipinski definition) is 1. The van der Waals surface area contributed by atoms with E-state index in [0.717, 1.165) is 12.8 Å². The van der Waals surface area contributed by atoms with Crippen LogP contribution < -0.4 is 5.73 Å². The fourth-order valence-electron chi connectivity index (χ4n) is 1.60. The van der Waals surface area contributed by atoms with Crippen LogP contribution in [0.1, 0.15) is 39.7 Å². The Balaban J connectivity index is 2.39. The van der Waals surface area contributed by atoms with Crippen molar-refractivity contribution in [1.82, 2.24) is 0 Å². The van der Waals surface area contributed by atoms with Gasteiger partial charge in [-0.3, -0.25) is 0 Å². The second kappa shape index (κ2) is 5.13. The molecule has 15 heavy (non-hydrogen) atoms. The molecule has 0 saturated heterocycles. The summed E-state index contributed by atoms with van der Waals surface area (Å²) in [5.41, 5.74) is 7.92. The average molecular weight is 225 g/mol. The summed E-state index contributed by atoms with van der Waals surface area (Å²) in [5, 5.41) is 4.32. The zero-order valence-electron chi connectivity index (χ0n) is 10.3. The van der Waals surface area contributed by atoms with Gasteiger partial charge in [0.25, 0.3) is 0 Å². The van der Waals surface area contributed by atoms with Gasteiger partial charge in [-0.25, -0.2) is 0 Å². The summed E-state index contributed by atoms with van der Waals surface area (Å²) in [7, 11) is 0. The molecule has 0 amide bonds. The minimum atomic E-state index is 0.300. The van der Waals surface area contributed by atoms with Crippen molar-refractivity contribution in [3.8, 4) is 0 Å². The van der Waals surface area contributed by atoms with Gasteiger partial charge in [0.15, 0.2) is 0 Å². The molecule has 0 spiro atoms. The fraction of sp³-hybridized carbons (Fsp3) is 0.692. The van der Waals surface area contributed by atoms with Crippen molar-refractivity contribution in [1.29, 1.82) is 0 Å². The lowest BCUT2D eigenvalue weighted by molar-refractivity contribution is 0.233. The lowest BCUT2D eigenvalue weighted by Crippen LogP contribution is -2.30. The monoisotopic (exact) mass is 225 g/mol. The minimum Gasteiger partial charge on any atom is -0.327 e. The second-order valence-electron chi connectivity index (χ2n) is 5.60. The van der Waals surface area contributed by atoms with Gasteiger partial charge in [0.05, 0.1) is 0 Å². The van der Waals surface area contributed by atoms with E-state index in [1.54, 1.807) is 11.3 Å². The molecule has 1 aromatic heterocycles. The van der Waals surface area contributed by atoms with Gasteiger partial charge in [0.1, 0.15) is 0 Å². The molecule has 0 bridgehead atoms. The van der Waals surface area contributed by atoms with E-state index in [2.05, 4.69) is 44.5 Å². The fourth-order valence-corrected chi connectivity index (χ4v) is 2.28. The lowest BCUT2D eigenvalue weighted by Gasteiger charge is -2.29. The van der Waals surface area contributed by atoms with E-state index in [9.17, 15) is 0 Å². The van der Waals surface area contributed by atoms with Gasteiger partial charge >= 0.3 is 0 Å². The first-order valence-corrected chi connectivity index (χ1v) is 6.60. The highest BCUT2D eigenvalue weighted by Gasteiger charge is 2.22. The Labute approximate surface area is 97.7 Å². The molecule has 2 N–H and O–H groups in total. The van der Waals surface area contributed by atoms with Crippen LogP contribution in [0, 0.1) is 11.3 Å². The van der Waals surface area contributed by atoms with Gasteiger partial charge in [-0.1, -0.05) is 27.7 Å². The standard InChI is InChI=1S/C13H23NS/c1-10(13(2,3)4)7-12(14)8-11-5-6-15-9-11/h5-6,9-10,12H,7-8,14H2,1-4H3. The molecule has 2 atom stereocenters. The third-order valence-corrected chi connectivity index (χ3v) is 3.94. The van der Waals surface area contributed by atoms with E-state index < -0.39 is 0 Å². The predicted octanol–water partition coefficient (Wildman–Crippen LogP) is 3.69. The van der Waals surface area contributed by atoms with Crippen molar-refractivity contribution in [3.63, 3.8) is 0 Å². The van der Waals surface area contributed by atoms with Crippen molar-refractivity contribution < 1.29 is 0 Å². The van der Waals surface area contributed by atoms with Crippen molar-refractivity contribution in [2.24, 2.45) is 17.1 Å². The molecule has 1 aromatic rings. The Morgan fingerprint density at radius 1 is 1.40 bits per heavy atom. The third-order valence-electron chi connectivity index (χ3n) is 3.21. The third kappa shape index (κ3) is 4.35. The molecule has 1 heterocycles. The minimum absolute atomic E-state index is 0.300. The summed E-state index contributed by atoms with van der Waals surface area (Å²) in [6.07, 6.45) is 2.13. The first kappa shape index (κ1) is 12.7. The second-order valence-corrected chi connectivity index (χ2v) is 6.38. The smallest absolute Gasteiger partial charge is 0.00823 e. The highest BCUT2D eigenvalue weighted by molar-refractivity contribution is 7.07. The van der Waals surface area contributed by atoms with Crippen molar-refractivity contribution in [3.05, 3.63) is 22.4 Å². The summed E-state index contributed by atoms with van der Waals surface area (Å²) in [6.45, 7) is 9.16. The van der Waals surface area contributed by atoms with Crippen molar-refractivity contribution in [2.45, 2.75) is 46.6 Å². The van der Waals surface area contributed by atoms with Gasteiger partial charge in [0, 0.05) is 6.04 Å². The maximum absolute atomic E-state index is 6.17. The zero-order valence-corrected chi connectivity index (χ0v) is 11.1. The molecule has 86 valence electrons. The quantitative estimate of drug-likeness (QED) is 0.831. The Morgan fingerprint density at radius 2 is 2.07 bits per heavy atom. The Kier molecular flexibility index (Phi) is 4.35. The maximum Gasteiger partial charge on any atom is 0.00823 e. The Morgan fingerprint density at radius 3 is 2.53 bits per heavy atom. The van der Waals surface area contributed by atoms with E-state index >= 15 is 0 Å². The molecule has 0 aliphatic rings. The van der Waals surface area contributed by atoms with E-state index in [1.807, 2.05) is 0 Å². The van der Waals surface area contributed by atoms with Gasteiger partial charge in [-0.05, 0) is 46.6 Å². The molecule has 1 rings (SSSR count). The van der Waals surface area contributed by atoms with Crippen molar-refractivity contribution >= 4 is 11.3 Å². The number of nitrogens with two attached hydrogens (primary N) is 1. The van der Waals surface area contributed by atoms with Crippen LogP contribution >= 0.6 is 11.3 Å². The highest BCUT2D eigenvalue weighted by atomic mass is 32.1. The van der Waals surface area contributed by atoms with Crippen LogP contribution in [0.3, 0.4) is 0 Å². The summed E-state index contributed by atoms with van der Waals surface area (Å²) >= 11 is 1.75. The lowest BCUT2D eigenvalue weighted by atomic mass is 9.78. The van der Waals surface area contributed by atoms with Crippen LogP contribution in [0.25, 0.3) is 0 Å². The molecular weight excluding hydrogens is 202 g/mol. The SMILES string of the molecule is CC(CC(N)Cc1ccsc1)C(C)(C)C. The number of hydrogen-bond acceptors (Lipinski definition) is 2. The van der Waals surface area contributed by atoms with Crippen LogP contribution in [-0.4, -0.2) is 6.04 Å². The van der Waals surface area contributed by atoms with Gasteiger partial charge in [0.2, 0.25) is 0 Å². The Hall–Kier alpha value is -0.340. The van der Waals surface area contributed by atoms with Gasteiger partial charge < -0.3 is 5.73 Å². The maximum atomic E-state index is 6.17. The van der Waals surface area contributed by atoms with Crippen LogP contribution in [0.4, 0.5) is 0 Å². The van der Waals surface area contributed by atoms with Crippen LogP contribution in [0.5, 0.6) is 0 Å².